The molecule has 0 amide bonds. The number of ether oxygens (including phenoxy) is 1. The minimum Gasteiger partial charge on any atom is -0.496 e. The van der Waals surface area contributed by atoms with Gasteiger partial charge in [0.05, 0.1) is 7.11 Å². The van der Waals surface area contributed by atoms with Crippen LogP contribution in [-0.4, -0.2) is 24.8 Å². The van der Waals surface area contributed by atoms with E-state index in [2.05, 4.69) is 41.3 Å². The van der Waals surface area contributed by atoms with Crippen LogP contribution >= 0.6 is 0 Å². The van der Waals surface area contributed by atoms with Crippen molar-refractivity contribution in [3.8, 4) is 5.75 Å². The number of methoxy groups -OCH3 is 1. The molecule has 1 fully saturated rings. The molecule has 2 aromatic rings. The second-order valence-electron chi connectivity index (χ2n) is 5.12. The standard InChI is InChI=1S/C15H20N2O/c1-17-7-5-11-8-15(18-2)13(9-14(11)17)12-4-3-6-16-10-12/h5,7-9,12,16H,3-4,6,10H2,1-2H3. The number of fused-ring (bicyclic) bond motifs is 1. The van der Waals surface area contributed by atoms with E-state index >= 15 is 0 Å². The topological polar surface area (TPSA) is 26.2 Å². The molecule has 1 N–H and O–H groups in total. The Kier molecular flexibility index (Phi) is 3.00. The first-order valence-corrected chi connectivity index (χ1v) is 6.63. The lowest BCUT2D eigenvalue weighted by atomic mass is 9.90. The first-order valence-electron chi connectivity index (χ1n) is 6.63. The molecule has 1 unspecified atom stereocenters. The summed E-state index contributed by atoms with van der Waals surface area (Å²) in [5.41, 5.74) is 2.63. The number of nitrogens with one attached hydrogen (secondary N) is 1. The summed E-state index contributed by atoms with van der Waals surface area (Å²) in [5, 5.41) is 4.73. The molecular weight excluding hydrogens is 224 g/mol. The summed E-state index contributed by atoms with van der Waals surface area (Å²) in [6, 6.07) is 6.60. The Morgan fingerprint density at radius 3 is 3.00 bits per heavy atom. The van der Waals surface area contributed by atoms with Crippen molar-refractivity contribution in [2.75, 3.05) is 20.2 Å². The monoisotopic (exact) mass is 244 g/mol. The molecule has 1 aromatic heterocycles. The Morgan fingerprint density at radius 2 is 2.28 bits per heavy atom. The molecule has 0 aliphatic carbocycles. The molecule has 1 aliphatic rings. The van der Waals surface area contributed by atoms with E-state index in [1.165, 1.54) is 29.3 Å². The van der Waals surface area contributed by atoms with Crippen LogP contribution in [0.1, 0.15) is 24.3 Å². The van der Waals surface area contributed by atoms with Gasteiger partial charge in [-0.25, -0.2) is 0 Å². The van der Waals surface area contributed by atoms with Gasteiger partial charge in [-0.3, -0.25) is 0 Å². The van der Waals surface area contributed by atoms with Gasteiger partial charge < -0.3 is 14.6 Å². The molecular formula is C15H20N2O. The first kappa shape index (κ1) is 11.6. The molecule has 1 aliphatic heterocycles. The third kappa shape index (κ3) is 1.89. The lowest BCUT2D eigenvalue weighted by Gasteiger charge is -2.25. The molecule has 3 rings (SSSR count). The van der Waals surface area contributed by atoms with Gasteiger partial charge in [0.2, 0.25) is 0 Å². The van der Waals surface area contributed by atoms with Gasteiger partial charge in [0.15, 0.2) is 0 Å². The zero-order valence-electron chi connectivity index (χ0n) is 11.1. The van der Waals surface area contributed by atoms with E-state index < -0.39 is 0 Å². The van der Waals surface area contributed by atoms with E-state index in [-0.39, 0.29) is 0 Å². The van der Waals surface area contributed by atoms with E-state index in [0.717, 1.165) is 18.8 Å². The quantitative estimate of drug-likeness (QED) is 0.879. The van der Waals surface area contributed by atoms with E-state index in [4.69, 9.17) is 4.74 Å². The number of aryl methyl sites for hydroxylation is 1. The van der Waals surface area contributed by atoms with Crippen molar-refractivity contribution in [2.45, 2.75) is 18.8 Å². The largest absolute Gasteiger partial charge is 0.496 e. The third-order valence-corrected chi connectivity index (χ3v) is 3.97. The van der Waals surface area contributed by atoms with E-state index in [1.807, 2.05) is 0 Å². The minimum atomic E-state index is 0.577. The van der Waals surface area contributed by atoms with Gasteiger partial charge in [-0.15, -0.1) is 0 Å². The van der Waals surface area contributed by atoms with Gasteiger partial charge >= 0.3 is 0 Å². The maximum atomic E-state index is 5.58. The number of hydrogen-bond donors (Lipinski definition) is 1. The normalized spacial score (nSPS) is 20.2. The highest BCUT2D eigenvalue weighted by molar-refractivity contribution is 5.83. The van der Waals surface area contributed by atoms with Gasteiger partial charge in [-0.1, -0.05) is 0 Å². The van der Waals surface area contributed by atoms with Crippen LogP contribution in [0.25, 0.3) is 10.9 Å². The first-order chi connectivity index (χ1) is 8.79. The zero-order valence-corrected chi connectivity index (χ0v) is 11.1. The van der Waals surface area contributed by atoms with Crippen LogP contribution in [0.2, 0.25) is 0 Å². The SMILES string of the molecule is COc1cc2ccn(C)c2cc1C1CCCNC1. The molecule has 3 nitrogen and oxygen atoms in total. The zero-order chi connectivity index (χ0) is 12.5. The van der Waals surface area contributed by atoms with Gasteiger partial charge in [0, 0.05) is 42.2 Å². The lowest BCUT2D eigenvalue weighted by molar-refractivity contribution is 0.393. The second-order valence-corrected chi connectivity index (χ2v) is 5.12. The molecule has 1 atom stereocenters. The number of hydrogen-bond acceptors (Lipinski definition) is 2. The average Bonchev–Trinajstić information content (AvgIpc) is 2.79. The number of piperidine rings is 1. The highest BCUT2D eigenvalue weighted by Gasteiger charge is 2.20. The highest BCUT2D eigenvalue weighted by Crippen LogP contribution is 2.34. The molecule has 0 bridgehead atoms. The van der Waals surface area contributed by atoms with Crippen LogP contribution in [-0.2, 0) is 7.05 Å². The maximum absolute atomic E-state index is 5.58. The Bertz CT molecular complexity index is 553. The number of rotatable bonds is 2. The molecule has 2 heterocycles. The fraction of sp³-hybridized carbons (Fsp3) is 0.467. The van der Waals surface area contributed by atoms with E-state index in [1.54, 1.807) is 7.11 Å². The number of benzene rings is 1. The second kappa shape index (κ2) is 4.65. The summed E-state index contributed by atoms with van der Waals surface area (Å²) in [5.74, 6) is 1.61. The van der Waals surface area contributed by atoms with Crippen molar-refractivity contribution >= 4 is 10.9 Å². The molecule has 0 saturated carbocycles. The highest BCUT2D eigenvalue weighted by atomic mass is 16.5. The number of nitrogens with zero attached hydrogens (tertiary/aromatic N) is 1. The molecule has 1 aromatic carbocycles. The Labute approximate surface area is 108 Å². The van der Waals surface area contributed by atoms with E-state index in [0.29, 0.717) is 5.92 Å². The summed E-state index contributed by atoms with van der Waals surface area (Å²) in [7, 11) is 3.86. The van der Waals surface area contributed by atoms with Crippen molar-refractivity contribution < 1.29 is 4.74 Å². The minimum absolute atomic E-state index is 0.577. The Morgan fingerprint density at radius 1 is 1.39 bits per heavy atom. The van der Waals surface area contributed by atoms with Crippen LogP contribution in [0.15, 0.2) is 24.4 Å². The molecule has 96 valence electrons. The summed E-state index contributed by atoms with van der Waals surface area (Å²) < 4.78 is 7.75. The van der Waals surface area contributed by atoms with Gasteiger partial charge in [-0.2, -0.15) is 0 Å². The van der Waals surface area contributed by atoms with Gasteiger partial charge in [0.25, 0.3) is 0 Å². The average molecular weight is 244 g/mol. The maximum Gasteiger partial charge on any atom is 0.123 e. The van der Waals surface area contributed by atoms with E-state index in [9.17, 15) is 0 Å². The summed E-state index contributed by atoms with van der Waals surface area (Å²) >= 11 is 0. The van der Waals surface area contributed by atoms with Gasteiger partial charge in [-0.05, 0) is 37.6 Å². The van der Waals surface area contributed by atoms with Crippen LogP contribution in [0.3, 0.4) is 0 Å². The van der Waals surface area contributed by atoms with Crippen molar-refractivity contribution in [2.24, 2.45) is 7.05 Å². The van der Waals surface area contributed by atoms with Crippen LogP contribution in [0.4, 0.5) is 0 Å². The summed E-state index contributed by atoms with van der Waals surface area (Å²) in [6.45, 7) is 2.21. The smallest absolute Gasteiger partial charge is 0.123 e. The fourth-order valence-electron chi connectivity index (χ4n) is 2.92. The molecule has 0 radical (unpaired) electrons. The molecule has 0 spiro atoms. The molecule has 1 saturated heterocycles. The van der Waals surface area contributed by atoms with Gasteiger partial charge in [0.1, 0.15) is 5.75 Å². The third-order valence-electron chi connectivity index (χ3n) is 3.97. The van der Waals surface area contributed by atoms with Crippen molar-refractivity contribution in [3.05, 3.63) is 30.0 Å². The summed E-state index contributed by atoms with van der Waals surface area (Å²) in [6.07, 6.45) is 4.60. The Balaban J connectivity index is 2.09. The van der Waals surface area contributed by atoms with Crippen LogP contribution in [0, 0.1) is 0 Å². The summed E-state index contributed by atoms with van der Waals surface area (Å²) in [4.78, 5) is 0. The molecule has 18 heavy (non-hydrogen) atoms. The number of aromatic nitrogens is 1. The van der Waals surface area contributed by atoms with Crippen LogP contribution < -0.4 is 10.1 Å². The lowest BCUT2D eigenvalue weighted by Crippen LogP contribution is -2.28. The predicted octanol–water partition coefficient (Wildman–Crippen LogP) is 2.65. The molecule has 3 heteroatoms. The van der Waals surface area contributed by atoms with Crippen molar-refractivity contribution in [1.29, 1.82) is 0 Å². The van der Waals surface area contributed by atoms with Crippen molar-refractivity contribution in [1.82, 2.24) is 9.88 Å². The fourth-order valence-corrected chi connectivity index (χ4v) is 2.92. The van der Waals surface area contributed by atoms with Crippen molar-refractivity contribution in [3.63, 3.8) is 0 Å². The Hall–Kier alpha value is -1.48. The van der Waals surface area contributed by atoms with Crippen LogP contribution in [0.5, 0.6) is 5.75 Å². The predicted molar refractivity (Wildman–Crippen MR) is 74.3 cm³/mol.